The summed E-state index contributed by atoms with van der Waals surface area (Å²) in [4.78, 5) is 15.5. The van der Waals surface area contributed by atoms with Crippen LogP contribution in [0.1, 0.15) is 57.6 Å². The predicted octanol–water partition coefficient (Wildman–Crippen LogP) is 4.53. The van der Waals surface area contributed by atoms with Crippen molar-refractivity contribution < 1.29 is 27.7 Å². The summed E-state index contributed by atoms with van der Waals surface area (Å²) in [5, 5.41) is 8.20. The van der Waals surface area contributed by atoms with Gasteiger partial charge in [-0.25, -0.2) is 25.1 Å². The lowest BCUT2D eigenvalue weighted by Gasteiger charge is -2.37. The Hall–Kier alpha value is -2.22. The molecule has 35 heavy (non-hydrogen) atoms. The Morgan fingerprint density at radius 3 is 2.66 bits per heavy atom. The van der Waals surface area contributed by atoms with Crippen molar-refractivity contribution in [2.45, 2.75) is 77.7 Å². The highest BCUT2D eigenvalue weighted by molar-refractivity contribution is 7.44. The third-order valence-corrected chi connectivity index (χ3v) is 7.81. The molecule has 0 N–H and O–H groups in total. The van der Waals surface area contributed by atoms with E-state index >= 15 is 4.39 Å². The van der Waals surface area contributed by atoms with Gasteiger partial charge < -0.3 is 23.4 Å². The fraction of sp³-hybridized carbons (Fsp3) is 0.652. The maximum atomic E-state index is 16.0. The number of nitrogens with zero attached hydrogens (tertiary/aromatic N) is 5. The third kappa shape index (κ3) is 5.79. The topological polar surface area (TPSA) is 92.3 Å². The standard InChI is InChI=1S/C23H33FN5O5P/c1-8-18-21(34-35(32-13-12-25-6)29(14(2)3)15(4)5)19(24)22(33-18)28-17-11-9-10-16(23(30)31-7)20(17)26-27-28/h9-11,14-15,18-19,21-22H,8,12-13H2,1-5,7H3/t18-,19-,21-,22-,35?/m1/s1. The van der Waals surface area contributed by atoms with E-state index in [-0.39, 0.29) is 30.8 Å². The molecule has 0 aliphatic carbocycles. The largest absolute Gasteiger partial charge is 0.465 e. The molecule has 1 unspecified atom stereocenters. The van der Waals surface area contributed by atoms with Crippen molar-refractivity contribution in [2.75, 3.05) is 20.3 Å². The van der Waals surface area contributed by atoms with Gasteiger partial charge in [-0.05, 0) is 46.2 Å². The number of halogens is 1. The number of fused-ring (bicyclic) bond motifs is 1. The summed E-state index contributed by atoms with van der Waals surface area (Å²) in [7, 11) is -0.363. The summed E-state index contributed by atoms with van der Waals surface area (Å²) in [6.45, 7) is 17.4. The van der Waals surface area contributed by atoms with Crippen molar-refractivity contribution in [3.63, 3.8) is 0 Å². The van der Waals surface area contributed by atoms with Crippen LogP contribution in [-0.4, -0.2) is 76.4 Å². The van der Waals surface area contributed by atoms with Gasteiger partial charge in [-0.15, -0.1) is 5.10 Å². The molecular formula is C23H33FN5O5P. The summed E-state index contributed by atoms with van der Waals surface area (Å²) in [6.07, 6.45) is -3.60. The van der Waals surface area contributed by atoms with E-state index in [0.29, 0.717) is 17.5 Å². The minimum atomic E-state index is -1.65. The van der Waals surface area contributed by atoms with Crippen LogP contribution in [0.3, 0.4) is 0 Å². The van der Waals surface area contributed by atoms with Crippen LogP contribution in [0.5, 0.6) is 0 Å². The highest BCUT2D eigenvalue weighted by Gasteiger charge is 2.49. The first-order chi connectivity index (χ1) is 16.7. The number of hydrogen-bond donors (Lipinski definition) is 0. The summed E-state index contributed by atoms with van der Waals surface area (Å²) in [5.41, 5.74) is 1.01. The first-order valence-electron chi connectivity index (χ1n) is 11.7. The molecule has 1 fully saturated rings. The van der Waals surface area contributed by atoms with Gasteiger partial charge in [0.1, 0.15) is 18.2 Å². The van der Waals surface area contributed by atoms with Gasteiger partial charge in [0, 0.05) is 12.1 Å². The molecule has 5 atom stereocenters. The zero-order chi connectivity index (χ0) is 25.7. The molecule has 0 radical (unpaired) electrons. The number of aromatic nitrogens is 3. The van der Waals surface area contributed by atoms with E-state index < -0.39 is 39.1 Å². The molecule has 1 aliphatic rings. The van der Waals surface area contributed by atoms with Crippen LogP contribution in [0.25, 0.3) is 15.9 Å². The molecule has 2 heterocycles. The molecule has 1 aromatic carbocycles. The number of rotatable bonds is 11. The molecule has 1 saturated heterocycles. The van der Waals surface area contributed by atoms with Gasteiger partial charge in [0.2, 0.25) is 6.54 Å². The van der Waals surface area contributed by atoms with Gasteiger partial charge in [0.05, 0.1) is 24.3 Å². The van der Waals surface area contributed by atoms with Gasteiger partial charge in [-0.1, -0.05) is 18.2 Å². The van der Waals surface area contributed by atoms with Crippen molar-refractivity contribution in [1.82, 2.24) is 19.7 Å². The Morgan fingerprint density at radius 2 is 2.06 bits per heavy atom. The molecule has 0 bridgehead atoms. The smallest absolute Gasteiger partial charge is 0.340 e. The van der Waals surface area contributed by atoms with E-state index in [1.54, 1.807) is 18.2 Å². The van der Waals surface area contributed by atoms with Crippen molar-refractivity contribution >= 4 is 25.5 Å². The molecule has 0 spiro atoms. The Labute approximate surface area is 206 Å². The average Bonchev–Trinajstić information content (AvgIpc) is 3.39. The van der Waals surface area contributed by atoms with Crippen LogP contribution in [-0.2, 0) is 18.5 Å². The number of methoxy groups -OCH3 is 1. The fourth-order valence-electron chi connectivity index (χ4n) is 4.16. The Morgan fingerprint density at radius 1 is 1.34 bits per heavy atom. The highest BCUT2D eigenvalue weighted by Crippen LogP contribution is 2.50. The van der Waals surface area contributed by atoms with E-state index in [1.165, 1.54) is 11.8 Å². The quantitative estimate of drug-likeness (QED) is 0.189. The van der Waals surface area contributed by atoms with E-state index in [4.69, 9.17) is 25.1 Å². The first kappa shape index (κ1) is 27.4. The van der Waals surface area contributed by atoms with Crippen LogP contribution < -0.4 is 0 Å². The maximum absolute atomic E-state index is 16.0. The maximum Gasteiger partial charge on any atom is 0.340 e. The van der Waals surface area contributed by atoms with Crippen molar-refractivity contribution in [3.8, 4) is 0 Å². The lowest BCUT2D eigenvalue weighted by atomic mass is 10.1. The second-order valence-corrected chi connectivity index (χ2v) is 10.1. The number of alkyl halides is 1. The van der Waals surface area contributed by atoms with Crippen LogP contribution in [0.15, 0.2) is 18.2 Å². The van der Waals surface area contributed by atoms with Gasteiger partial charge >= 0.3 is 5.97 Å². The van der Waals surface area contributed by atoms with Gasteiger partial charge in [0.15, 0.2) is 12.4 Å². The normalized spacial score (nSPS) is 23.3. The van der Waals surface area contributed by atoms with E-state index in [9.17, 15) is 4.79 Å². The number of carbonyl (C=O) groups is 1. The first-order valence-corrected chi connectivity index (χ1v) is 12.8. The Balaban J connectivity index is 1.91. The van der Waals surface area contributed by atoms with E-state index in [2.05, 4.69) is 19.8 Å². The third-order valence-electron chi connectivity index (χ3n) is 5.68. The minimum absolute atomic E-state index is 0.0845. The predicted molar refractivity (Wildman–Crippen MR) is 129 cm³/mol. The van der Waals surface area contributed by atoms with E-state index in [1.807, 2.05) is 34.6 Å². The molecule has 0 saturated carbocycles. The van der Waals surface area contributed by atoms with Crippen molar-refractivity contribution in [3.05, 3.63) is 35.2 Å². The highest BCUT2D eigenvalue weighted by atomic mass is 31.2. The number of ether oxygens (including phenoxy) is 2. The monoisotopic (exact) mass is 509 g/mol. The second kappa shape index (κ2) is 12.2. The zero-order valence-electron chi connectivity index (χ0n) is 20.9. The number of benzene rings is 1. The zero-order valence-corrected chi connectivity index (χ0v) is 21.8. The van der Waals surface area contributed by atoms with Gasteiger partial charge in [-0.2, -0.15) is 0 Å². The average molecular weight is 510 g/mol. The van der Waals surface area contributed by atoms with Crippen molar-refractivity contribution in [2.24, 2.45) is 0 Å². The molecule has 192 valence electrons. The van der Waals surface area contributed by atoms with Crippen molar-refractivity contribution in [1.29, 1.82) is 0 Å². The minimum Gasteiger partial charge on any atom is -0.465 e. The van der Waals surface area contributed by atoms with Gasteiger partial charge in [-0.3, -0.25) is 0 Å². The lowest BCUT2D eigenvalue weighted by Crippen LogP contribution is -2.38. The molecule has 10 nitrogen and oxygen atoms in total. The Kier molecular flexibility index (Phi) is 9.50. The summed E-state index contributed by atoms with van der Waals surface area (Å²) in [6, 6.07) is 5.11. The number of esters is 1. The molecular weight excluding hydrogens is 476 g/mol. The molecule has 3 rings (SSSR count). The molecule has 1 aliphatic heterocycles. The van der Waals surface area contributed by atoms with Crippen LogP contribution in [0, 0.1) is 6.57 Å². The van der Waals surface area contributed by atoms with Crippen LogP contribution >= 0.6 is 8.53 Å². The molecule has 1 aromatic heterocycles. The lowest BCUT2D eigenvalue weighted by molar-refractivity contribution is -0.0298. The van der Waals surface area contributed by atoms with Crippen LogP contribution in [0.2, 0.25) is 0 Å². The Bertz CT molecular complexity index is 1040. The fourth-order valence-corrected chi connectivity index (χ4v) is 5.92. The van der Waals surface area contributed by atoms with Gasteiger partial charge in [0.25, 0.3) is 8.53 Å². The molecule has 0 amide bonds. The molecule has 2 aromatic rings. The second-order valence-electron chi connectivity index (χ2n) is 8.71. The summed E-state index contributed by atoms with van der Waals surface area (Å²) in [5.74, 6) is -0.552. The van der Waals surface area contributed by atoms with E-state index in [0.717, 1.165) is 0 Å². The number of hydrogen-bond acceptors (Lipinski definition) is 8. The summed E-state index contributed by atoms with van der Waals surface area (Å²) < 4.78 is 42.6. The number of carbonyl (C=O) groups excluding carboxylic acids is 1. The van der Waals surface area contributed by atoms with Crippen LogP contribution in [0.4, 0.5) is 4.39 Å². The summed E-state index contributed by atoms with van der Waals surface area (Å²) >= 11 is 0. The molecule has 12 heteroatoms. The SMILES string of the molecule is [C-]#[N+]CCOP(O[C@H]1[C@@H](F)[C@H](n2nnc3c(C(=O)OC)cccc32)O[C@@H]1CC)N(C(C)C)C(C)C.